The van der Waals surface area contributed by atoms with Crippen LogP contribution < -0.4 is 10.1 Å². The van der Waals surface area contributed by atoms with Crippen molar-refractivity contribution >= 4 is 5.91 Å². The summed E-state index contributed by atoms with van der Waals surface area (Å²) < 4.78 is 24.1. The van der Waals surface area contributed by atoms with Gasteiger partial charge in [0.05, 0.1) is 12.1 Å². The highest BCUT2D eigenvalue weighted by atomic mass is 19.1. The number of ether oxygens (including phenoxy) is 1. The van der Waals surface area contributed by atoms with Crippen molar-refractivity contribution in [3.05, 3.63) is 96.3 Å². The van der Waals surface area contributed by atoms with Crippen LogP contribution in [0.2, 0.25) is 0 Å². The Hall–Kier alpha value is -4.00. The quantitative estimate of drug-likeness (QED) is 0.491. The second kappa shape index (κ2) is 9.00. The average molecular weight is 403 g/mol. The van der Waals surface area contributed by atoms with Gasteiger partial charge in [-0.1, -0.05) is 18.2 Å². The van der Waals surface area contributed by atoms with Crippen LogP contribution in [0, 0.1) is 5.82 Å². The molecule has 0 aliphatic carbocycles. The smallest absolute Gasteiger partial charge is 0.226 e. The van der Waals surface area contributed by atoms with Crippen molar-refractivity contribution in [2.75, 3.05) is 0 Å². The molecule has 4 aromatic rings. The van der Waals surface area contributed by atoms with Crippen molar-refractivity contribution in [3.8, 4) is 23.1 Å². The summed E-state index contributed by atoms with van der Waals surface area (Å²) in [6, 6.07) is 18.7. The van der Waals surface area contributed by atoms with Crippen LogP contribution in [0.3, 0.4) is 0 Å². The number of nitrogens with one attached hydrogen (secondary N) is 1. The maximum Gasteiger partial charge on any atom is 0.226 e. The second-order valence-electron chi connectivity index (χ2n) is 6.52. The van der Waals surface area contributed by atoms with Gasteiger partial charge >= 0.3 is 0 Å². The zero-order chi connectivity index (χ0) is 20.8. The van der Waals surface area contributed by atoms with Gasteiger partial charge in [0.15, 0.2) is 0 Å². The molecule has 0 atom stereocenters. The van der Waals surface area contributed by atoms with E-state index in [0.717, 1.165) is 11.1 Å². The molecule has 0 aliphatic heterocycles. The van der Waals surface area contributed by atoms with E-state index in [1.165, 1.54) is 30.5 Å². The van der Waals surface area contributed by atoms with Crippen molar-refractivity contribution in [1.82, 2.24) is 15.3 Å². The molecule has 0 unspecified atom stereocenters. The number of aromatic nitrogens is 2. The zero-order valence-corrected chi connectivity index (χ0v) is 15.9. The molecule has 150 valence electrons. The number of oxazole rings is 1. The summed E-state index contributed by atoms with van der Waals surface area (Å²) in [5, 5.41) is 2.84. The van der Waals surface area contributed by atoms with Crippen LogP contribution in [0.25, 0.3) is 11.5 Å². The molecule has 0 radical (unpaired) electrons. The average Bonchev–Trinajstić information content (AvgIpc) is 3.23. The van der Waals surface area contributed by atoms with Gasteiger partial charge in [0.1, 0.15) is 17.8 Å². The number of nitrogens with zero attached hydrogens (tertiary/aromatic N) is 2. The Kier molecular flexibility index (Phi) is 5.80. The van der Waals surface area contributed by atoms with E-state index in [1.54, 1.807) is 18.3 Å². The first kappa shape index (κ1) is 19.3. The van der Waals surface area contributed by atoms with Crippen LogP contribution in [0.1, 0.15) is 11.3 Å². The van der Waals surface area contributed by atoms with Crippen molar-refractivity contribution in [2.45, 2.75) is 13.0 Å². The van der Waals surface area contributed by atoms with E-state index in [0.29, 0.717) is 29.8 Å². The first-order valence-corrected chi connectivity index (χ1v) is 9.30. The summed E-state index contributed by atoms with van der Waals surface area (Å²) in [7, 11) is 0. The lowest BCUT2D eigenvalue weighted by molar-refractivity contribution is -0.120. The molecule has 0 fully saturated rings. The third-order valence-electron chi connectivity index (χ3n) is 4.24. The molecule has 0 saturated heterocycles. The number of hydrogen-bond acceptors (Lipinski definition) is 5. The number of benzene rings is 2. The number of halogens is 1. The SMILES string of the molecule is O=C(Cc1coc(-c2ccccc2)n1)NCc1ccnc(Oc2ccc(F)cc2)c1. The summed E-state index contributed by atoms with van der Waals surface area (Å²) in [5.41, 5.74) is 2.23. The Bertz CT molecular complexity index is 1130. The van der Waals surface area contributed by atoms with Gasteiger partial charge in [-0.15, -0.1) is 0 Å². The van der Waals surface area contributed by atoms with Gasteiger partial charge in [-0.05, 0) is 48.0 Å². The molecule has 6 nitrogen and oxygen atoms in total. The molecule has 2 aromatic carbocycles. The van der Waals surface area contributed by atoms with Crippen LogP contribution in [0.4, 0.5) is 4.39 Å². The van der Waals surface area contributed by atoms with Gasteiger partial charge < -0.3 is 14.5 Å². The molecule has 1 amide bonds. The van der Waals surface area contributed by atoms with E-state index in [2.05, 4.69) is 15.3 Å². The Morgan fingerprint density at radius 1 is 1.07 bits per heavy atom. The molecule has 0 aliphatic rings. The third-order valence-corrected chi connectivity index (χ3v) is 4.24. The number of rotatable bonds is 7. The standard InChI is InChI=1S/C23H18FN3O3/c24-18-6-8-20(9-7-18)30-22-12-16(10-11-25-22)14-26-21(28)13-19-15-29-23(27-19)17-4-2-1-3-5-17/h1-12,15H,13-14H2,(H,26,28). The lowest BCUT2D eigenvalue weighted by Crippen LogP contribution is -2.24. The summed E-state index contributed by atoms with van der Waals surface area (Å²) in [6.45, 7) is 0.310. The van der Waals surface area contributed by atoms with E-state index >= 15 is 0 Å². The summed E-state index contributed by atoms with van der Waals surface area (Å²) in [5.74, 6) is 0.799. The lowest BCUT2D eigenvalue weighted by Gasteiger charge is -2.07. The molecule has 0 bridgehead atoms. The molecule has 0 spiro atoms. The van der Waals surface area contributed by atoms with Gasteiger partial charge in [-0.25, -0.2) is 14.4 Å². The molecular weight excluding hydrogens is 385 g/mol. The van der Waals surface area contributed by atoms with E-state index in [-0.39, 0.29) is 18.1 Å². The van der Waals surface area contributed by atoms with Crippen LogP contribution >= 0.6 is 0 Å². The van der Waals surface area contributed by atoms with E-state index in [4.69, 9.17) is 9.15 Å². The highest BCUT2D eigenvalue weighted by molar-refractivity contribution is 5.78. The van der Waals surface area contributed by atoms with E-state index < -0.39 is 0 Å². The van der Waals surface area contributed by atoms with Crippen LogP contribution in [-0.4, -0.2) is 15.9 Å². The van der Waals surface area contributed by atoms with Gasteiger partial charge in [-0.3, -0.25) is 4.79 Å². The van der Waals surface area contributed by atoms with Gasteiger partial charge in [0.25, 0.3) is 0 Å². The van der Waals surface area contributed by atoms with Crippen molar-refractivity contribution in [1.29, 1.82) is 0 Å². The maximum absolute atomic E-state index is 13.0. The van der Waals surface area contributed by atoms with Gasteiger partial charge in [0.2, 0.25) is 17.7 Å². The molecule has 30 heavy (non-hydrogen) atoms. The summed E-state index contributed by atoms with van der Waals surface area (Å²) in [4.78, 5) is 20.8. The Labute approximate surface area is 172 Å². The normalized spacial score (nSPS) is 10.6. The fourth-order valence-electron chi connectivity index (χ4n) is 2.77. The Morgan fingerprint density at radius 2 is 1.87 bits per heavy atom. The maximum atomic E-state index is 13.0. The second-order valence-corrected chi connectivity index (χ2v) is 6.52. The van der Waals surface area contributed by atoms with Crippen molar-refractivity contribution in [3.63, 3.8) is 0 Å². The predicted molar refractivity (Wildman–Crippen MR) is 108 cm³/mol. The number of amides is 1. The first-order chi connectivity index (χ1) is 14.7. The number of pyridine rings is 1. The molecule has 4 rings (SSSR count). The Balaban J connectivity index is 1.32. The first-order valence-electron chi connectivity index (χ1n) is 9.30. The minimum atomic E-state index is -0.338. The minimum Gasteiger partial charge on any atom is -0.444 e. The molecule has 7 heteroatoms. The van der Waals surface area contributed by atoms with Gasteiger partial charge in [-0.2, -0.15) is 0 Å². The fourth-order valence-corrected chi connectivity index (χ4v) is 2.77. The van der Waals surface area contributed by atoms with Crippen molar-refractivity contribution in [2.24, 2.45) is 0 Å². The monoisotopic (exact) mass is 403 g/mol. The molecular formula is C23H18FN3O3. The molecule has 0 saturated carbocycles. The summed E-state index contributed by atoms with van der Waals surface area (Å²) in [6.07, 6.45) is 3.19. The van der Waals surface area contributed by atoms with Crippen LogP contribution in [0.5, 0.6) is 11.6 Å². The highest BCUT2D eigenvalue weighted by Crippen LogP contribution is 2.20. The predicted octanol–water partition coefficient (Wildman–Crippen LogP) is 4.53. The zero-order valence-electron chi connectivity index (χ0n) is 15.9. The highest BCUT2D eigenvalue weighted by Gasteiger charge is 2.10. The third kappa shape index (κ3) is 5.08. The van der Waals surface area contributed by atoms with E-state index in [9.17, 15) is 9.18 Å². The largest absolute Gasteiger partial charge is 0.444 e. The van der Waals surface area contributed by atoms with Crippen LogP contribution in [0.15, 0.2) is 83.6 Å². The topological polar surface area (TPSA) is 77.3 Å². The number of carbonyl (C=O) groups is 1. The van der Waals surface area contributed by atoms with E-state index in [1.807, 2.05) is 30.3 Å². The number of carbonyl (C=O) groups excluding carboxylic acids is 1. The lowest BCUT2D eigenvalue weighted by atomic mass is 10.2. The fraction of sp³-hybridized carbons (Fsp3) is 0.0870. The van der Waals surface area contributed by atoms with Gasteiger partial charge in [0, 0.05) is 24.4 Å². The number of hydrogen-bond donors (Lipinski definition) is 1. The molecule has 1 N–H and O–H groups in total. The molecule has 2 heterocycles. The Morgan fingerprint density at radius 3 is 2.67 bits per heavy atom. The minimum absolute atomic E-state index is 0.111. The van der Waals surface area contributed by atoms with Crippen molar-refractivity contribution < 1.29 is 18.3 Å². The summed E-state index contributed by atoms with van der Waals surface area (Å²) >= 11 is 0. The van der Waals surface area contributed by atoms with Crippen LogP contribution in [-0.2, 0) is 17.8 Å². The molecule has 2 aromatic heterocycles.